The van der Waals surface area contributed by atoms with Crippen molar-refractivity contribution >= 4 is 21.8 Å². The van der Waals surface area contributed by atoms with Gasteiger partial charge in [-0.05, 0) is 6.07 Å². The molecule has 1 aromatic rings. The van der Waals surface area contributed by atoms with E-state index >= 15 is 0 Å². The first-order valence-corrected chi connectivity index (χ1v) is 7.59. The number of nitrogens with one attached hydrogen (secondary N) is 1. The number of aliphatic hydroxyl groups excluding tert-OH is 1. The molecule has 0 heterocycles. The summed E-state index contributed by atoms with van der Waals surface area (Å²) in [6, 6.07) is 2.83. The zero-order valence-corrected chi connectivity index (χ0v) is 12.7. The van der Waals surface area contributed by atoms with E-state index in [2.05, 4.69) is 4.28 Å². The van der Waals surface area contributed by atoms with E-state index < -0.39 is 37.7 Å². The van der Waals surface area contributed by atoms with Crippen molar-refractivity contribution in [2.24, 2.45) is 0 Å². The van der Waals surface area contributed by atoms with E-state index in [9.17, 15) is 33.8 Å². The average molecular weight is 367 g/mol. The molecule has 1 atom stereocenters. The van der Waals surface area contributed by atoms with Gasteiger partial charge in [0.1, 0.15) is 0 Å². The molecular weight excluding hydrogens is 354 g/mol. The fraction of sp³-hybridized carbons (Fsp3) is 0.400. The SMILES string of the molecule is O=[N+]([O-])c1ccc(OCCC(O)CNOS(=O)(=O)O)c([N+](=O)[O-])c1. The Bertz CT molecular complexity index is 707. The standard InChI is InChI=1S/C10H13N3O10S/c14-8(6-11-23-24(19,20)21)3-4-22-10-2-1-7(12(15)16)5-9(10)13(17)18/h1-2,5,8,11,14H,3-4,6H2,(H,19,20,21). The average Bonchev–Trinajstić information content (AvgIpc) is 2.45. The first-order valence-electron chi connectivity index (χ1n) is 6.22. The van der Waals surface area contributed by atoms with E-state index in [0.29, 0.717) is 0 Å². The molecule has 1 aromatic carbocycles. The molecule has 0 spiro atoms. The number of rotatable bonds is 10. The van der Waals surface area contributed by atoms with Crippen LogP contribution >= 0.6 is 0 Å². The molecular formula is C10H13N3O10S. The van der Waals surface area contributed by atoms with Crippen LogP contribution in [0.3, 0.4) is 0 Å². The van der Waals surface area contributed by atoms with Crippen LogP contribution in [0, 0.1) is 20.2 Å². The molecule has 0 saturated heterocycles. The van der Waals surface area contributed by atoms with Crippen LogP contribution in [0.1, 0.15) is 6.42 Å². The van der Waals surface area contributed by atoms with Crippen molar-refractivity contribution in [2.45, 2.75) is 12.5 Å². The molecule has 0 bridgehead atoms. The van der Waals surface area contributed by atoms with Gasteiger partial charge in [0, 0.05) is 19.0 Å². The molecule has 1 rings (SSSR count). The maximum atomic E-state index is 10.9. The van der Waals surface area contributed by atoms with Crippen molar-refractivity contribution in [2.75, 3.05) is 13.2 Å². The third-order valence-corrected chi connectivity index (χ3v) is 2.87. The number of hydroxylamine groups is 1. The Morgan fingerprint density at radius 3 is 2.46 bits per heavy atom. The summed E-state index contributed by atoms with van der Waals surface area (Å²) in [6.07, 6.45) is -1.22. The molecule has 0 aliphatic rings. The molecule has 0 aliphatic heterocycles. The smallest absolute Gasteiger partial charge is 0.413 e. The normalized spacial score (nSPS) is 12.6. The minimum atomic E-state index is -4.69. The molecule has 14 heteroatoms. The van der Waals surface area contributed by atoms with Crippen molar-refractivity contribution in [3.63, 3.8) is 0 Å². The summed E-state index contributed by atoms with van der Waals surface area (Å²) in [7, 11) is -4.69. The van der Waals surface area contributed by atoms with E-state index in [1.165, 1.54) is 0 Å². The molecule has 134 valence electrons. The number of hydrogen-bond donors (Lipinski definition) is 3. The summed E-state index contributed by atoms with van der Waals surface area (Å²) in [5.74, 6) is -0.222. The van der Waals surface area contributed by atoms with E-state index in [0.717, 1.165) is 18.2 Å². The number of non-ortho nitro benzene ring substituents is 1. The minimum Gasteiger partial charge on any atom is -0.487 e. The molecule has 3 N–H and O–H groups in total. The molecule has 24 heavy (non-hydrogen) atoms. The zero-order chi connectivity index (χ0) is 18.3. The maximum Gasteiger partial charge on any atom is 0.413 e. The lowest BCUT2D eigenvalue weighted by atomic mass is 10.2. The highest BCUT2D eigenvalue weighted by Crippen LogP contribution is 2.31. The second-order valence-corrected chi connectivity index (χ2v) is 5.34. The molecule has 0 aliphatic carbocycles. The third kappa shape index (κ3) is 6.80. The van der Waals surface area contributed by atoms with Crippen molar-refractivity contribution in [3.05, 3.63) is 38.4 Å². The van der Waals surface area contributed by atoms with Crippen molar-refractivity contribution in [1.82, 2.24) is 5.48 Å². The van der Waals surface area contributed by atoms with Gasteiger partial charge in [0.25, 0.3) is 5.69 Å². The van der Waals surface area contributed by atoms with Gasteiger partial charge in [-0.1, -0.05) is 0 Å². The van der Waals surface area contributed by atoms with E-state index in [4.69, 9.17) is 9.29 Å². The molecule has 0 fully saturated rings. The summed E-state index contributed by atoms with van der Waals surface area (Å²) < 4.78 is 37.6. The molecule has 0 amide bonds. The Labute approximate surface area is 135 Å². The van der Waals surface area contributed by atoms with Crippen LogP contribution < -0.4 is 10.2 Å². The number of nitrogens with zero attached hydrogens (tertiary/aromatic N) is 2. The number of aliphatic hydroxyl groups is 1. The van der Waals surface area contributed by atoms with Crippen LogP contribution in [0.25, 0.3) is 0 Å². The largest absolute Gasteiger partial charge is 0.487 e. The summed E-state index contributed by atoms with van der Waals surface area (Å²) in [5.41, 5.74) is 0.720. The Morgan fingerprint density at radius 1 is 1.25 bits per heavy atom. The lowest BCUT2D eigenvalue weighted by Gasteiger charge is -2.11. The number of nitro groups is 2. The lowest BCUT2D eigenvalue weighted by molar-refractivity contribution is -0.394. The van der Waals surface area contributed by atoms with Crippen LogP contribution in [0.2, 0.25) is 0 Å². The van der Waals surface area contributed by atoms with Gasteiger partial charge < -0.3 is 9.84 Å². The van der Waals surface area contributed by atoms with Crippen LogP contribution in [0.4, 0.5) is 11.4 Å². The van der Waals surface area contributed by atoms with Gasteiger partial charge in [-0.3, -0.25) is 24.8 Å². The highest BCUT2D eigenvalue weighted by molar-refractivity contribution is 7.80. The second-order valence-electron chi connectivity index (χ2n) is 4.32. The Morgan fingerprint density at radius 2 is 1.92 bits per heavy atom. The number of ether oxygens (including phenoxy) is 1. The van der Waals surface area contributed by atoms with Gasteiger partial charge in [-0.15, -0.1) is 0 Å². The summed E-state index contributed by atoms with van der Waals surface area (Å²) in [4.78, 5) is 19.8. The molecule has 0 aromatic heterocycles. The molecule has 0 radical (unpaired) electrons. The summed E-state index contributed by atoms with van der Waals surface area (Å²) in [5, 5.41) is 31.0. The van der Waals surface area contributed by atoms with Crippen molar-refractivity contribution in [1.29, 1.82) is 0 Å². The second kappa shape index (κ2) is 8.46. The lowest BCUT2D eigenvalue weighted by Crippen LogP contribution is -2.30. The van der Waals surface area contributed by atoms with Gasteiger partial charge in [0.15, 0.2) is 5.75 Å². The van der Waals surface area contributed by atoms with Gasteiger partial charge >= 0.3 is 16.1 Å². The van der Waals surface area contributed by atoms with Crippen LogP contribution in [0.15, 0.2) is 18.2 Å². The summed E-state index contributed by atoms with van der Waals surface area (Å²) >= 11 is 0. The molecule has 0 saturated carbocycles. The summed E-state index contributed by atoms with van der Waals surface area (Å²) in [6.45, 7) is -0.571. The predicted octanol–water partition coefficient (Wildman–Crippen LogP) is -0.0432. The van der Waals surface area contributed by atoms with E-state index in [1.807, 2.05) is 0 Å². The predicted molar refractivity (Wildman–Crippen MR) is 76.5 cm³/mol. The monoisotopic (exact) mass is 367 g/mol. The van der Waals surface area contributed by atoms with Crippen LogP contribution in [-0.2, 0) is 14.7 Å². The number of nitro benzene ring substituents is 2. The fourth-order valence-corrected chi connectivity index (χ4v) is 1.71. The minimum absolute atomic E-state index is 0.0734. The third-order valence-electron chi connectivity index (χ3n) is 2.54. The van der Waals surface area contributed by atoms with Crippen LogP contribution in [-0.4, -0.2) is 47.2 Å². The highest BCUT2D eigenvalue weighted by atomic mass is 32.3. The van der Waals surface area contributed by atoms with E-state index in [-0.39, 0.29) is 25.3 Å². The molecule has 1 unspecified atom stereocenters. The maximum absolute atomic E-state index is 10.9. The molecule has 13 nitrogen and oxygen atoms in total. The first kappa shape index (κ1) is 19.7. The first-order chi connectivity index (χ1) is 11.1. The zero-order valence-electron chi connectivity index (χ0n) is 11.9. The highest BCUT2D eigenvalue weighted by Gasteiger charge is 2.20. The number of benzene rings is 1. The quantitative estimate of drug-likeness (QED) is 0.285. The van der Waals surface area contributed by atoms with Gasteiger partial charge in [0.05, 0.1) is 28.6 Å². The Hall–Kier alpha value is -2.39. The Kier molecular flexibility index (Phi) is 6.93. The Balaban J connectivity index is 2.55. The fourth-order valence-electron chi connectivity index (χ4n) is 1.50. The van der Waals surface area contributed by atoms with Crippen LogP contribution in [0.5, 0.6) is 5.75 Å². The van der Waals surface area contributed by atoms with Gasteiger partial charge in [-0.25, -0.2) is 0 Å². The number of hydrogen-bond acceptors (Lipinski definition) is 10. The topological polar surface area (TPSA) is 191 Å². The van der Waals surface area contributed by atoms with Crippen molar-refractivity contribution in [3.8, 4) is 5.75 Å². The van der Waals surface area contributed by atoms with Crippen molar-refractivity contribution < 1.29 is 36.9 Å². The van der Waals surface area contributed by atoms with E-state index in [1.54, 1.807) is 5.48 Å². The van der Waals surface area contributed by atoms with Gasteiger partial charge in [0.2, 0.25) is 0 Å². The van der Waals surface area contributed by atoms with Gasteiger partial charge in [-0.2, -0.15) is 18.2 Å².